The lowest BCUT2D eigenvalue weighted by molar-refractivity contribution is -0.117. The van der Waals surface area contributed by atoms with E-state index in [-0.39, 0.29) is 17.2 Å². The number of carbonyl (C=O) groups excluding carboxylic acids is 1. The lowest BCUT2D eigenvalue weighted by atomic mass is 9.85. The number of rotatable bonds is 4. The molecule has 0 heterocycles. The number of aryl methyl sites for hydroxylation is 2. The van der Waals surface area contributed by atoms with Gasteiger partial charge >= 0.3 is 0 Å². The van der Waals surface area contributed by atoms with E-state index in [2.05, 4.69) is 90.3 Å². The van der Waals surface area contributed by atoms with Crippen LogP contribution in [0, 0.1) is 23.3 Å². The minimum atomic E-state index is -0.227. The number of nitrogens with one attached hydrogen (secondary N) is 1. The third-order valence-corrected chi connectivity index (χ3v) is 6.24. The fourth-order valence-corrected chi connectivity index (χ4v) is 4.21. The smallest absolute Gasteiger partial charge is 0.228 e. The van der Waals surface area contributed by atoms with Gasteiger partial charge in [-0.25, -0.2) is 0 Å². The molecule has 0 bridgehead atoms. The zero-order valence-corrected chi connectivity index (χ0v) is 17.7. The summed E-state index contributed by atoms with van der Waals surface area (Å²) in [5, 5.41) is 3.11. The molecule has 4 rings (SSSR count). The number of halogens is 1. The van der Waals surface area contributed by atoms with Gasteiger partial charge in [-0.2, -0.15) is 0 Å². The standard InChI is InChI=1S/C24H22INO/c1-16-3-7-18(8-4-16)24(19-9-5-17(2)6-10-19)15-22(24)23(27)26-21-13-11-20(25)12-14-21/h3-14,22H,15H2,1-2H3,(H,26,27)/t22-/m1/s1. The molecular weight excluding hydrogens is 445 g/mol. The Hall–Kier alpha value is -2.14. The van der Waals surface area contributed by atoms with Crippen LogP contribution in [0.15, 0.2) is 72.8 Å². The SMILES string of the molecule is Cc1ccc(C2(c3ccc(C)cc3)C[C@@H]2C(=O)Nc2ccc(I)cc2)cc1. The lowest BCUT2D eigenvalue weighted by Crippen LogP contribution is -2.22. The maximum absolute atomic E-state index is 13.0. The molecule has 27 heavy (non-hydrogen) atoms. The Morgan fingerprint density at radius 2 is 1.33 bits per heavy atom. The average molecular weight is 467 g/mol. The summed E-state index contributed by atoms with van der Waals surface area (Å²) < 4.78 is 1.16. The summed E-state index contributed by atoms with van der Waals surface area (Å²) in [7, 11) is 0. The topological polar surface area (TPSA) is 29.1 Å². The van der Waals surface area contributed by atoms with Crippen LogP contribution in [0.3, 0.4) is 0 Å². The van der Waals surface area contributed by atoms with Crippen molar-refractivity contribution in [3.63, 3.8) is 0 Å². The van der Waals surface area contributed by atoms with E-state index in [1.165, 1.54) is 22.3 Å². The van der Waals surface area contributed by atoms with Crippen LogP contribution < -0.4 is 5.32 Å². The van der Waals surface area contributed by atoms with Crippen molar-refractivity contribution in [1.82, 2.24) is 0 Å². The van der Waals surface area contributed by atoms with E-state index in [0.29, 0.717) is 0 Å². The van der Waals surface area contributed by atoms with Gasteiger partial charge in [-0.15, -0.1) is 0 Å². The predicted molar refractivity (Wildman–Crippen MR) is 119 cm³/mol. The molecule has 0 aromatic heterocycles. The molecule has 0 radical (unpaired) electrons. The van der Waals surface area contributed by atoms with Crippen LogP contribution in [0.25, 0.3) is 0 Å². The van der Waals surface area contributed by atoms with Crippen LogP contribution in [-0.4, -0.2) is 5.91 Å². The normalized spacial score (nSPS) is 17.4. The number of carbonyl (C=O) groups is 1. The van der Waals surface area contributed by atoms with Crippen molar-refractivity contribution >= 4 is 34.2 Å². The lowest BCUT2D eigenvalue weighted by Gasteiger charge is -2.19. The van der Waals surface area contributed by atoms with Gasteiger partial charge < -0.3 is 5.32 Å². The Balaban J connectivity index is 1.66. The van der Waals surface area contributed by atoms with Gasteiger partial charge in [-0.1, -0.05) is 59.7 Å². The maximum Gasteiger partial charge on any atom is 0.228 e. The van der Waals surface area contributed by atoms with Crippen molar-refractivity contribution in [2.75, 3.05) is 5.32 Å². The molecule has 0 saturated heterocycles. The monoisotopic (exact) mass is 467 g/mol. The molecule has 3 aromatic carbocycles. The highest BCUT2D eigenvalue weighted by Gasteiger charge is 2.60. The Labute approximate surface area is 174 Å². The van der Waals surface area contributed by atoms with Crippen molar-refractivity contribution < 1.29 is 4.79 Å². The minimum absolute atomic E-state index is 0.0535. The molecule has 1 aliphatic rings. The third-order valence-electron chi connectivity index (χ3n) is 5.52. The first kappa shape index (κ1) is 18.2. The van der Waals surface area contributed by atoms with Gasteiger partial charge in [0.25, 0.3) is 0 Å². The van der Waals surface area contributed by atoms with E-state index in [0.717, 1.165) is 15.7 Å². The Bertz CT molecular complexity index is 913. The maximum atomic E-state index is 13.0. The second kappa shape index (κ2) is 7.12. The molecule has 1 amide bonds. The summed E-state index contributed by atoms with van der Waals surface area (Å²) in [6.45, 7) is 4.19. The molecule has 1 saturated carbocycles. The van der Waals surface area contributed by atoms with Gasteiger partial charge in [-0.3, -0.25) is 4.79 Å². The van der Waals surface area contributed by atoms with Gasteiger partial charge in [0.05, 0.1) is 5.92 Å². The first-order chi connectivity index (χ1) is 13.0. The summed E-state index contributed by atoms with van der Waals surface area (Å²) in [6.07, 6.45) is 0.843. The number of anilines is 1. The second-order valence-electron chi connectivity index (χ2n) is 7.46. The zero-order valence-electron chi connectivity index (χ0n) is 15.5. The highest BCUT2D eigenvalue weighted by Crippen LogP contribution is 2.59. The van der Waals surface area contributed by atoms with Gasteiger partial charge in [0.15, 0.2) is 0 Å². The quantitative estimate of drug-likeness (QED) is 0.479. The average Bonchev–Trinajstić information content (AvgIpc) is 3.42. The Kier molecular flexibility index (Phi) is 4.81. The molecule has 0 aliphatic heterocycles. The zero-order chi connectivity index (χ0) is 19.0. The first-order valence-electron chi connectivity index (χ1n) is 9.20. The molecule has 1 aliphatic carbocycles. The molecular formula is C24H22INO. The van der Waals surface area contributed by atoms with E-state index in [1.54, 1.807) is 0 Å². The van der Waals surface area contributed by atoms with Gasteiger partial charge in [0.2, 0.25) is 5.91 Å². The van der Waals surface area contributed by atoms with Crippen molar-refractivity contribution in [1.29, 1.82) is 0 Å². The van der Waals surface area contributed by atoms with Gasteiger partial charge in [0, 0.05) is 14.7 Å². The molecule has 0 unspecified atom stereocenters. The fraction of sp³-hybridized carbons (Fsp3) is 0.208. The van der Waals surface area contributed by atoms with Crippen molar-refractivity contribution in [2.45, 2.75) is 25.7 Å². The number of hydrogen-bond acceptors (Lipinski definition) is 1. The van der Waals surface area contributed by atoms with E-state index < -0.39 is 0 Å². The van der Waals surface area contributed by atoms with Crippen molar-refractivity contribution in [2.24, 2.45) is 5.92 Å². The second-order valence-corrected chi connectivity index (χ2v) is 8.70. The van der Waals surface area contributed by atoms with Crippen LogP contribution in [0.1, 0.15) is 28.7 Å². The van der Waals surface area contributed by atoms with E-state index >= 15 is 0 Å². The Morgan fingerprint density at radius 3 is 1.81 bits per heavy atom. The highest BCUT2D eigenvalue weighted by molar-refractivity contribution is 14.1. The van der Waals surface area contributed by atoms with Crippen molar-refractivity contribution in [3.05, 3.63) is 98.6 Å². The van der Waals surface area contributed by atoms with Crippen LogP contribution >= 0.6 is 22.6 Å². The number of hydrogen-bond donors (Lipinski definition) is 1. The third kappa shape index (κ3) is 3.53. The highest BCUT2D eigenvalue weighted by atomic mass is 127. The summed E-state index contributed by atoms with van der Waals surface area (Å²) in [6, 6.07) is 25.2. The molecule has 3 heteroatoms. The summed E-state index contributed by atoms with van der Waals surface area (Å²) in [4.78, 5) is 13.0. The predicted octanol–water partition coefficient (Wildman–Crippen LogP) is 5.85. The van der Waals surface area contributed by atoms with Gasteiger partial charge in [-0.05, 0) is 78.3 Å². The van der Waals surface area contributed by atoms with Crippen LogP contribution in [0.2, 0.25) is 0 Å². The fourth-order valence-electron chi connectivity index (χ4n) is 3.85. The molecule has 1 N–H and O–H groups in total. The van der Waals surface area contributed by atoms with Crippen LogP contribution in [0.5, 0.6) is 0 Å². The molecule has 1 fully saturated rings. The van der Waals surface area contributed by atoms with E-state index in [9.17, 15) is 4.79 Å². The number of amides is 1. The number of benzene rings is 3. The molecule has 2 nitrogen and oxygen atoms in total. The van der Waals surface area contributed by atoms with Gasteiger partial charge in [0.1, 0.15) is 0 Å². The Morgan fingerprint density at radius 1 is 0.852 bits per heavy atom. The minimum Gasteiger partial charge on any atom is -0.326 e. The summed E-state index contributed by atoms with van der Waals surface area (Å²) >= 11 is 2.27. The van der Waals surface area contributed by atoms with E-state index in [4.69, 9.17) is 0 Å². The van der Waals surface area contributed by atoms with Crippen molar-refractivity contribution in [3.8, 4) is 0 Å². The van der Waals surface area contributed by atoms with Crippen LogP contribution in [0.4, 0.5) is 5.69 Å². The van der Waals surface area contributed by atoms with E-state index in [1.807, 2.05) is 24.3 Å². The summed E-state index contributed by atoms with van der Waals surface area (Å²) in [5.74, 6) is 0.0412. The molecule has 0 spiro atoms. The first-order valence-corrected chi connectivity index (χ1v) is 10.3. The molecule has 1 atom stereocenters. The van der Waals surface area contributed by atoms with Crippen LogP contribution in [-0.2, 0) is 10.2 Å². The largest absolute Gasteiger partial charge is 0.326 e. The molecule has 136 valence electrons. The molecule has 3 aromatic rings. The summed E-state index contributed by atoms with van der Waals surface area (Å²) in [5.41, 5.74) is 5.54.